The highest BCUT2D eigenvalue weighted by molar-refractivity contribution is 5.92. The number of anilines is 1. The molecule has 0 unspecified atom stereocenters. The maximum Gasteiger partial charge on any atom is 0.269 e. The van der Waals surface area contributed by atoms with Crippen LogP contribution in [0.25, 0.3) is 0 Å². The van der Waals surface area contributed by atoms with Gasteiger partial charge in [0.2, 0.25) is 0 Å². The van der Waals surface area contributed by atoms with Gasteiger partial charge in [-0.25, -0.2) is 4.98 Å². The normalized spacial score (nSPS) is 13.8. The first kappa shape index (κ1) is 18.2. The summed E-state index contributed by atoms with van der Waals surface area (Å²) in [6.07, 6.45) is 10.9. The maximum absolute atomic E-state index is 12.2. The molecule has 1 aliphatic carbocycles. The van der Waals surface area contributed by atoms with Crippen LogP contribution in [0, 0.1) is 0 Å². The van der Waals surface area contributed by atoms with Crippen molar-refractivity contribution in [3.63, 3.8) is 0 Å². The van der Waals surface area contributed by atoms with E-state index in [0.717, 1.165) is 25.1 Å². The summed E-state index contributed by atoms with van der Waals surface area (Å²) in [6, 6.07) is 14.1. The first-order valence-electron chi connectivity index (χ1n) is 9.51. The molecule has 1 aliphatic rings. The molecule has 1 aromatic carbocycles. The molecule has 0 saturated heterocycles. The number of rotatable bonds is 8. The average Bonchev–Trinajstić information content (AvgIpc) is 2.70. The van der Waals surface area contributed by atoms with E-state index in [2.05, 4.69) is 46.0 Å². The molecular formula is C22H27N3O. The minimum Gasteiger partial charge on any atom is -0.383 e. The van der Waals surface area contributed by atoms with Crippen LogP contribution in [0.2, 0.25) is 0 Å². The Kier molecular flexibility index (Phi) is 6.82. The van der Waals surface area contributed by atoms with Gasteiger partial charge in [-0.15, -0.1) is 0 Å². The van der Waals surface area contributed by atoms with Crippen LogP contribution in [0.3, 0.4) is 0 Å². The third-order valence-electron chi connectivity index (χ3n) is 4.70. The van der Waals surface area contributed by atoms with Crippen LogP contribution in [-0.2, 0) is 6.42 Å². The summed E-state index contributed by atoms with van der Waals surface area (Å²) >= 11 is 0. The molecule has 1 aromatic heterocycles. The predicted octanol–water partition coefficient (Wildman–Crippen LogP) is 4.36. The largest absolute Gasteiger partial charge is 0.383 e. The Morgan fingerprint density at radius 3 is 2.62 bits per heavy atom. The van der Waals surface area contributed by atoms with Crippen LogP contribution in [0.1, 0.15) is 48.2 Å². The van der Waals surface area contributed by atoms with Crippen LogP contribution in [0.5, 0.6) is 0 Å². The van der Waals surface area contributed by atoms with E-state index in [1.54, 1.807) is 12.3 Å². The predicted molar refractivity (Wildman–Crippen MR) is 106 cm³/mol. The molecular weight excluding hydrogens is 322 g/mol. The van der Waals surface area contributed by atoms with E-state index in [4.69, 9.17) is 0 Å². The first-order valence-corrected chi connectivity index (χ1v) is 9.51. The molecule has 0 saturated carbocycles. The van der Waals surface area contributed by atoms with Crippen molar-refractivity contribution < 1.29 is 4.79 Å². The van der Waals surface area contributed by atoms with Crippen LogP contribution in [0.15, 0.2) is 60.3 Å². The van der Waals surface area contributed by atoms with Crippen LogP contribution >= 0.6 is 0 Å². The number of aromatic nitrogens is 1. The van der Waals surface area contributed by atoms with Gasteiger partial charge in [-0.1, -0.05) is 42.0 Å². The van der Waals surface area contributed by atoms with Crippen molar-refractivity contribution in [2.24, 2.45) is 0 Å². The number of nitrogens with zero attached hydrogens (tertiary/aromatic N) is 1. The lowest BCUT2D eigenvalue weighted by Crippen LogP contribution is -2.25. The van der Waals surface area contributed by atoms with Crippen molar-refractivity contribution in [2.45, 2.75) is 38.5 Å². The second-order valence-electron chi connectivity index (χ2n) is 6.71. The summed E-state index contributed by atoms with van der Waals surface area (Å²) in [6.45, 7) is 1.52. The van der Waals surface area contributed by atoms with Gasteiger partial charge in [0.05, 0.1) is 11.9 Å². The molecule has 1 heterocycles. The molecule has 0 spiro atoms. The molecule has 136 valence electrons. The van der Waals surface area contributed by atoms with E-state index >= 15 is 0 Å². The Bertz CT molecular complexity index is 723. The zero-order chi connectivity index (χ0) is 18.0. The summed E-state index contributed by atoms with van der Waals surface area (Å²) in [5, 5.41) is 6.31. The minimum atomic E-state index is -0.0998. The zero-order valence-electron chi connectivity index (χ0n) is 15.2. The summed E-state index contributed by atoms with van der Waals surface area (Å²) in [5.41, 5.74) is 4.18. The molecule has 1 amide bonds. The van der Waals surface area contributed by atoms with E-state index in [0.29, 0.717) is 12.2 Å². The molecule has 2 aromatic rings. The van der Waals surface area contributed by atoms with Gasteiger partial charge in [0, 0.05) is 13.1 Å². The number of hydrogen-bond donors (Lipinski definition) is 2. The van der Waals surface area contributed by atoms with Crippen LogP contribution in [0.4, 0.5) is 5.69 Å². The molecule has 0 radical (unpaired) electrons. The Morgan fingerprint density at radius 2 is 1.88 bits per heavy atom. The highest BCUT2D eigenvalue weighted by Gasteiger charge is 2.08. The number of allylic oxidation sites excluding steroid dienone is 1. The number of amides is 1. The van der Waals surface area contributed by atoms with Crippen molar-refractivity contribution in [3.05, 3.63) is 71.6 Å². The molecule has 3 rings (SSSR count). The monoisotopic (exact) mass is 349 g/mol. The molecule has 4 heteroatoms. The Hall–Kier alpha value is -2.62. The van der Waals surface area contributed by atoms with Gasteiger partial charge >= 0.3 is 0 Å². The topological polar surface area (TPSA) is 54.0 Å². The van der Waals surface area contributed by atoms with E-state index in [1.807, 2.05) is 12.1 Å². The van der Waals surface area contributed by atoms with Gasteiger partial charge in [0.1, 0.15) is 5.69 Å². The standard InChI is InChI=1S/C22H27N3O/c26-22(24-16-14-19-9-5-2-6-10-19)21-12-11-20(17-25-21)23-15-13-18-7-3-1-4-8-18/h1,3-4,7-9,11-12,17,23H,2,5-6,10,13-16H2,(H,24,26). The average molecular weight is 349 g/mol. The van der Waals surface area contributed by atoms with Gasteiger partial charge in [-0.2, -0.15) is 0 Å². The quantitative estimate of drug-likeness (QED) is 0.696. The number of hydrogen-bond acceptors (Lipinski definition) is 3. The second-order valence-corrected chi connectivity index (χ2v) is 6.71. The number of pyridine rings is 1. The summed E-state index contributed by atoms with van der Waals surface area (Å²) in [4.78, 5) is 16.5. The fraction of sp³-hybridized carbons (Fsp3) is 0.364. The number of nitrogens with one attached hydrogen (secondary N) is 2. The minimum absolute atomic E-state index is 0.0998. The highest BCUT2D eigenvalue weighted by Crippen LogP contribution is 2.19. The van der Waals surface area contributed by atoms with Gasteiger partial charge < -0.3 is 10.6 Å². The lowest BCUT2D eigenvalue weighted by atomic mass is 9.97. The molecule has 4 nitrogen and oxygen atoms in total. The first-order chi connectivity index (χ1) is 12.8. The van der Waals surface area contributed by atoms with Crippen LogP contribution in [-0.4, -0.2) is 24.0 Å². The maximum atomic E-state index is 12.2. The van der Waals surface area contributed by atoms with Crippen molar-refractivity contribution in [1.29, 1.82) is 0 Å². The third-order valence-corrected chi connectivity index (χ3v) is 4.70. The van der Waals surface area contributed by atoms with E-state index < -0.39 is 0 Å². The number of carbonyl (C=O) groups excluding carboxylic acids is 1. The Balaban J connectivity index is 1.40. The smallest absolute Gasteiger partial charge is 0.269 e. The summed E-state index contributed by atoms with van der Waals surface area (Å²) in [7, 11) is 0. The summed E-state index contributed by atoms with van der Waals surface area (Å²) < 4.78 is 0. The lowest BCUT2D eigenvalue weighted by molar-refractivity contribution is 0.0949. The van der Waals surface area contributed by atoms with Crippen molar-refractivity contribution in [1.82, 2.24) is 10.3 Å². The SMILES string of the molecule is O=C(NCCC1=CCCCC1)c1ccc(NCCc2ccccc2)cn1. The molecule has 0 fully saturated rings. The fourth-order valence-electron chi connectivity index (χ4n) is 3.19. The van der Waals surface area contributed by atoms with Crippen molar-refractivity contribution in [3.8, 4) is 0 Å². The van der Waals surface area contributed by atoms with Gasteiger partial charge in [0.25, 0.3) is 5.91 Å². The van der Waals surface area contributed by atoms with Crippen molar-refractivity contribution >= 4 is 11.6 Å². The van der Waals surface area contributed by atoms with Crippen LogP contribution < -0.4 is 10.6 Å². The van der Waals surface area contributed by atoms with Crippen molar-refractivity contribution in [2.75, 3.05) is 18.4 Å². The summed E-state index contributed by atoms with van der Waals surface area (Å²) in [5.74, 6) is -0.0998. The van der Waals surface area contributed by atoms with E-state index in [-0.39, 0.29) is 5.91 Å². The second kappa shape index (κ2) is 9.76. The third kappa shape index (κ3) is 5.73. The molecule has 2 N–H and O–H groups in total. The zero-order valence-corrected chi connectivity index (χ0v) is 15.2. The molecule has 0 bridgehead atoms. The Labute approximate surface area is 155 Å². The molecule has 26 heavy (non-hydrogen) atoms. The van der Waals surface area contributed by atoms with Gasteiger partial charge in [-0.05, 0) is 56.2 Å². The molecule has 0 atom stereocenters. The number of benzene rings is 1. The fourth-order valence-corrected chi connectivity index (χ4v) is 3.19. The molecule has 0 aliphatic heterocycles. The van der Waals surface area contributed by atoms with Gasteiger partial charge in [0.15, 0.2) is 0 Å². The highest BCUT2D eigenvalue weighted by atomic mass is 16.1. The van der Waals surface area contributed by atoms with Gasteiger partial charge in [-0.3, -0.25) is 4.79 Å². The lowest BCUT2D eigenvalue weighted by Gasteiger charge is -2.13. The Morgan fingerprint density at radius 1 is 1.00 bits per heavy atom. The van der Waals surface area contributed by atoms with E-state index in [1.165, 1.54) is 36.8 Å². The number of carbonyl (C=O) groups is 1. The van der Waals surface area contributed by atoms with E-state index in [9.17, 15) is 4.79 Å².